The molecule has 1 N–H and O–H groups in total. The Labute approximate surface area is 194 Å². The quantitative estimate of drug-likeness (QED) is 0.422. The molecule has 0 saturated carbocycles. The lowest BCUT2D eigenvalue weighted by Gasteiger charge is -2.23. The molecule has 6 heteroatoms. The molecule has 0 bridgehead atoms. The van der Waals surface area contributed by atoms with Gasteiger partial charge in [0.05, 0.1) is 18.5 Å². The van der Waals surface area contributed by atoms with Crippen molar-refractivity contribution in [3.05, 3.63) is 113 Å². The third-order valence-electron chi connectivity index (χ3n) is 5.50. The third-order valence-corrected chi connectivity index (χ3v) is 6.64. The van der Waals surface area contributed by atoms with Crippen LogP contribution in [0.5, 0.6) is 0 Å². The molecule has 1 amide bonds. The Morgan fingerprint density at radius 3 is 2.21 bits per heavy atom. The highest BCUT2D eigenvalue weighted by molar-refractivity contribution is 7.92. The van der Waals surface area contributed by atoms with Crippen molar-refractivity contribution in [2.75, 3.05) is 10.6 Å². The topological polar surface area (TPSA) is 66.5 Å². The van der Waals surface area contributed by atoms with Gasteiger partial charge in [-0.15, -0.1) is 0 Å². The molecule has 0 unspecified atom stereocenters. The van der Waals surface area contributed by atoms with Crippen molar-refractivity contribution in [3.63, 3.8) is 0 Å². The smallest absolute Gasteiger partial charge is 0.251 e. The van der Waals surface area contributed by atoms with Crippen molar-refractivity contribution in [2.24, 2.45) is 0 Å². The molecule has 0 fully saturated rings. The fourth-order valence-electron chi connectivity index (χ4n) is 3.74. The number of nitrogens with one attached hydrogen (secondary N) is 1. The van der Waals surface area contributed by atoms with Crippen molar-refractivity contribution in [2.45, 2.75) is 20.0 Å². The van der Waals surface area contributed by atoms with E-state index in [0.29, 0.717) is 17.8 Å². The molecule has 4 aromatic rings. The van der Waals surface area contributed by atoms with Gasteiger partial charge in [-0.05, 0) is 64.7 Å². The largest absolute Gasteiger partial charge is 0.348 e. The molecule has 0 aromatic heterocycles. The maximum Gasteiger partial charge on any atom is 0.251 e. The van der Waals surface area contributed by atoms with E-state index in [2.05, 4.69) is 23.5 Å². The number of nitrogens with zero attached hydrogens (tertiary/aromatic N) is 1. The molecule has 4 rings (SSSR count). The predicted molar refractivity (Wildman–Crippen MR) is 134 cm³/mol. The van der Waals surface area contributed by atoms with Gasteiger partial charge >= 0.3 is 0 Å². The lowest BCUT2D eigenvalue weighted by atomic mass is 10.1. The maximum atomic E-state index is 12.6. The highest BCUT2D eigenvalue weighted by atomic mass is 32.2. The van der Waals surface area contributed by atoms with E-state index in [4.69, 9.17) is 0 Å². The molecule has 0 aliphatic carbocycles. The van der Waals surface area contributed by atoms with Gasteiger partial charge in [0.25, 0.3) is 5.91 Å². The van der Waals surface area contributed by atoms with E-state index in [1.807, 2.05) is 49.4 Å². The Kier molecular flexibility index (Phi) is 6.47. The van der Waals surface area contributed by atoms with E-state index < -0.39 is 10.0 Å². The average molecular weight is 459 g/mol. The summed E-state index contributed by atoms with van der Waals surface area (Å²) >= 11 is 0. The van der Waals surface area contributed by atoms with Crippen molar-refractivity contribution < 1.29 is 13.2 Å². The summed E-state index contributed by atoms with van der Waals surface area (Å²) in [4.78, 5) is 12.6. The van der Waals surface area contributed by atoms with Crippen LogP contribution in [0.3, 0.4) is 0 Å². The van der Waals surface area contributed by atoms with Gasteiger partial charge in [-0.25, -0.2) is 8.42 Å². The maximum absolute atomic E-state index is 12.6. The Morgan fingerprint density at radius 1 is 0.818 bits per heavy atom. The van der Waals surface area contributed by atoms with Crippen LogP contribution in [0.2, 0.25) is 0 Å². The second-order valence-electron chi connectivity index (χ2n) is 8.17. The summed E-state index contributed by atoms with van der Waals surface area (Å²) in [5.41, 5.74) is 3.96. The number of benzene rings is 4. The number of sulfonamides is 1. The van der Waals surface area contributed by atoms with Crippen LogP contribution in [0.25, 0.3) is 10.8 Å². The average Bonchev–Trinajstić information content (AvgIpc) is 2.80. The summed E-state index contributed by atoms with van der Waals surface area (Å²) in [7, 11) is -3.46. The van der Waals surface area contributed by atoms with E-state index in [1.165, 1.54) is 10.6 Å². The number of aryl methyl sites for hydroxylation is 1. The fourth-order valence-corrected chi connectivity index (χ4v) is 4.62. The summed E-state index contributed by atoms with van der Waals surface area (Å²) in [5, 5.41) is 5.25. The second-order valence-corrected chi connectivity index (χ2v) is 10.1. The van der Waals surface area contributed by atoms with Gasteiger partial charge in [0.1, 0.15) is 0 Å². The molecule has 4 aromatic carbocycles. The number of hydrogen-bond donors (Lipinski definition) is 1. The molecule has 0 saturated heterocycles. The molecule has 0 aliphatic rings. The van der Waals surface area contributed by atoms with Gasteiger partial charge in [-0.3, -0.25) is 9.10 Å². The van der Waals surface area contributed by atoms with Crippen LogP contribution in [0.15, 0.2) is 91.0 Å². The Hall–Kier alpha value is -3.64. The molecular formula is C27H26N2O3S. The zero-order chi connectivity index (χ0) is 23.4. The minimum atomic E-state index is -3.46. The Balaban J connectivity index is 1.43. The summed E-state index contributed by atoms with van der Waals surface area (Å²) in [6, 6.07) is 28.7. The van der Waals surface area contributed by atoms with Crippen LogP contribution in [0, 0.1) is 6.92 Å². The molecule has 0 radical (unpaired) electrons. The Morgan fingerprint density at radius 2 is 1.52 bits per heavy atom. The number of amides is 1. The van der Waals surface area contributed by atoms with Gasteiger partial charge in [0.2, 0.25) is 10.0 Å². The molecule has 168 valence electrons. The number of carbonyl (C=O) groups is 1. The van der Waals surface area contributed by atoms with Gasteiger partial charge in [0, 0.05) is 12.1 Å². The van der Waals surface area contributed by atoms with Crippen LogP contribution in [0.4, 0.5) is 5.69 Å². The van der Waals surface area contributed by atoms with E-state index in [9.17, 15) is 13.2 Å². The monoisotopic (exact) mass is 458 g/mol. The molecule has 0 spiro atoms. The number of fused-ring (bicyclic) bond motifs is 1. The lowest BCUT2D eigenvalue weighted by Crippen LogP contribution is -2.29. The summed E-state index contributed by atoms with van der Waals surface area (Å²) in [5.74, 6) is -0.173. The standard InChI is InChI=1S/C27H26N2O3S/c1-20-6-5-9-26(16-20)29(33(2,31)32)19-21-10-14-24(15-11-21)27(30)28-18-22-12-13-23-7-3-4-8-25(23)17-22/h3-17H,18-19H2,1-2H3,(H,28,30). The first-order valence-electron chi connectivity index (χ1n) is 10.7. The van der Waals surface area contributed by atoms with Crippen molar-refractivity contribution in [1.82, 2.24) is 5.32 Å². The zero-order valence-electron chi connectivity index (χ0n) is 18.7. The zero-order valence-corrected chi connectivity index (χ0v) is 19.5. The number of hydrogen-bond acceptors (Lipinski definition) is 3. The van der Waals surface area contributed by atoms with Crippen LogP contribution in [-0.4, -0.2) is 20.6 Å². The first kappa shape index (κ1) is 22.6. The lowest BCUT2D eigenvalue weighted by molar-refractivity contribution is 0.0951. The molecule has 5 nitrogen and oxygen atoms in total. The highest BCUT2D eigenvalue weighted by Gasteiger charge is 2.18. The molecule has 0 atom stereocenters. The van der Waals surface area contributed by atoms with Gasteiger partial charge < -0.3 is 5.32 Å². The van der Waals surface area contributed by atoms with Gasteiger partial charge in [-0.2, -0.15) is 0 Å². The summed E-state index contributed by atoms with van der Waals surface area (Å²) in [6.45, 7) is 2.55. The fraction of sp³-hybridized carbons (Fsp3) is 0.148. The third kappa shape index (κ3) is 5.59. The predicted octanol–water partition coefficient (Wildman–Crippen LogP) is 5.04. The number of rotatable bonds is 7. The summed E-state index contributed by atoms with van der Waals surface area (Å²) in [6.07, 6.45) is 1.20. The highest BCUT2D eigenvalue weighted by Crippen LogP contribution is 2.22. The normalized spacial score (nSPS) is 11.3. The van der Waals surface area contributed by atoms with Crippen molar-refractivity contribution in [1.29, 1.82) is 0 Å². The van der Waals surface area contributed by atoms with Crippen LogP contribution >= 0.6 is 0 Å². The molecule has 33 heavy (non-hydrogen) atoms. The first-order chi connectivity index (χ1) is 15.8. The van der Waals surface area contributed by atoms with Crippen molar-refractivity contribution >= 4 is 32.4 Å². The van der Waals surface area contributed by atoms with Gasteiger partial charge in [0.15, 0.2) is 0 Å². The minimum Gasteiger partial charge on any atom is -0.348 e. The molecular weight excluding hydrogens is 432 g/mol. The molecule has 0 heterocycles. The van der Waals surface area contributed by atoms with E-state index in [0.717, 1.165) is 27.5 Å². The molecule has 0 aliphatic heterocycles. The summed E-state index contributed by atoms with van der Waals surface area (Å²) < 4.78 is 26.1. The van der Waals surface area contributed by atoms with Crippen LogP contribution < -0.4 is 9.62 Å². The van der Waals surface area contributed by atoms with Crippen LogP contribution in [0.1, 0.15) is 27.0 Å². The number of anilines is 1. The first-order valence-corrected chi connectivity index (χ1v) is 12.5. The Bertz CT molecular complexity index is 1400. The van der Waals surface area contributed by atoms with E-state index in [-0.39, 0.29) is 12.5 Å². The SMILES string of the molecule is Cc1cccc(N(Cc2ccc(C(=O)NCc3ccc4ccccc4c3)cc2)S(C)(=O)=O)c1. The van der Waals surface area contributed by atoms with Gasteiger partial charge in [-0.1, -0.05) is 60.7 Å². The minimum absolute atomic E-state index is 0.173. The second kappa shape index (κ2) is 9.46. The van der Waals surface area contributed by atoms with Crippen LogP contribution in [-0.2, 0) is 23.1 Å². The van der Waals surface area contributed by atoms with Crippen molar-refractivity contribution in [3.8, 4) is 0 Å². The number of carbonyl (C=O) groups excluding carboxylic acids is 1. The van der Waals surface area contributed by atoms with E-state index in [1.54, 1.807) is 30.3 Å². The van der Waals surface area contributed by atoms with E-state index >= 15 is 0 Å².